The van der Waals surface area contributed by atoms with Crippen molar-refractivity contribution in [2.75, 3.05) is 5.32 Å². The Bertz CT molecular complexity index is 2560. The number of anilines is 1. The predicted octanol–water partition coefficient (Wildman–Crippen LogP) is 11.2. The number of rotatable bonds is 3. The van der Waals surface area contributed by atoms with Crippen molar-refractivity contribution >= 4 is 38.3 Å². The van der Waals surface area contributed by atoms with E-state index in [1.54, 1.807) is 0 Å². The first-order valence-electron chi connectivity index (χ1n) is 16.9. The molecule has 0 saturated heterocycles. The average molecular weight is 618 g/mol. The number of benzene rings is 7. The van der Waals surface area contributed by atoms with Crippen molar-refractivity contribution in [2.45, 2.75) is 31.6 Å². The van der Waals surface area contributed by atoms with Crippen LogP contribution in [0.5, 0.6) is 0 Å². The second kappa shape index (κ2) is 10.2. The SMILES string of the molecule is CC1(C)c2ccccc2-c2ccc(C3NC(n4c5cc(-c6ccccc6)ccc5c5c6ccccc6ccc54)Nc4ccccc43)cc21. The molecule has 0 saturated carbocycles. The van der Waals surface area contributed by atoms with Gasteiger partial charge in [0.1, 0.15) is 0 Å². The average Bonchev–Trinajstić information content (AvgIpc) is 3.60. The van der Waals surface area contributed by atoms with Crippen molar-refractivity contribution in [1.29, 1.82) is 0 Å². The zero-order valence-corrected chi connectivity index (χ0v) is 27.0. The third kappa shape index (κ3) is 3.92. The van der Waals surface area contributed by atoms with Crippen LogP contribution in [-0.2, 0) is 5.41 Å². The number of hydrogen-bond donors (Lipinski definition) is 2. The van der Waals surface area contributed by atoms with E-state index < -0.39 is 0 Å². The Morgan fingerprint density at radius 3 is 2.25 bits per heavy atom. The lowest BCUT2D eigenvalue weighted by molar-refractivity contribution is 0.416. The summed E-state index contributed by atoms with van der Waals surface area (Å²) in [5.74, 6) is 0. The second-order valence-electron chi connectivity index (χ2n) is 13.9. The highest BCUT2D eigenvalue weighted by Gasteiger charge is 2.37. The Morgan fingerprint density at radius 2 is 1.33 bits per heavy atom. The smallest absolute Gasteiger partial charge is 0.160 e. The molecule has 230 valence electrons. The van der Waals surface area contributed by atoms with Crippen LogP contribution in [0.4, 0.5) is 5.69 Å². The van der Waals surface area contributed by atoms with E-state index in [0.717, 1.165) is 5.69 Å². The Morgan fingerprint density at radius 1 is 0.562 bits per heavy atom. The molecule has 0 spiro atoms. The van der Waals surface area contributed by atoms with E-state index in [1.807, 2.05) is 0 Å². The molecule has 7 aromatic carbocycles. The standard InChI is InChI=1S/C45H35N3/c1-45(2)37-18-10-8-16-33(37)34-23-21-31(26-38(34)45)43-35-17-9-11-19-39(35)46-44(47-43)48-40-25-22-29-14-6-7-15-32(29)42(40)36-24-20-30(27-41(36)48)28-12-4-3-5-13-28/h3-27,43-44,46-47H,1-2H3. The number of aromatic nitrogens is 1. The first kappa shape index (κ1) is 27.5. The van der Waals surface area contributed by atoms with Gasteiger partial charge in [-0.3, -0.25) is 5.32 Å². The molecule has 1 aromatic heterocycles. The summed E-state index contributed by atoms with van der Waals surface area (Å²) in [4.78, 5) is 0. The molecule has 8 aromatic rings. The van der Waals surface area contributed by atoms with Gasteiger partial charge in [0.2, 0.25) is 0 Å². The quantitative estimate of drug-likeness (QED) is 0.207. The molecular formula is C45H35N3. The van der Waals surface area contributed by atoms with Crippen LogP contribution in [0.25, 0.3) is 54.8 Å². The van der Waals surface area contributed by atoms with Crippen LogP contribution in [-0.4, -0.2) is 4.57 Å². The fourth-order valence-corrected chi connectivity index (χ4v) is 8.54. The molecule has 2 N–H and O–H groups in total. The first-order valence-corrected chi connectivity index (χ1v) is 16.9. The summed E-state index contributed by atoms with van der Waals surface area (Å²) in [6, 6.07) is 55.8. The Labute approximate surface area is 280 Å². The molecule has 0 bridgehead atoms. The van der Waals surface area contributed by atoms with Gasteiger partial charge in [0.15, 0.2) is 6.29 Å². The van der Waals surface area contributed by atoms with Gasteiger partial charge in [-0.05, 0) is 73.5 Å². The summed E-state index contributed by atoms with van der Waals surface area (Å²) in [5.41, 5.74) is 14.0. The van der Waals surface area contributed by atoms with Crippen LogP contribution in [0.3, 0.4) is 0 Å². The Kier molecular flexibility index (Phi) is 5.82. The van der Waals surface area contributed by atoms with E-state index >= 15 is 0 Å². The van der Waals surface area contributed by atoms with Crippen molar-refractivity contribution in [3.8, 4) is 22.3 Å². The molecule has 2 heterocycles. The van der Waals surface area contributed by atoms with E-state index in [2.05, 4.69) is 181 Å². The van der Waals surface area contributed by atoms with Gasteiger partial charge >= 0.3 is 0 Å². The molecule has 0 radical (unpaired) electrons. The summed E-state index contributed by atoms with van der Waals surface area (Å²) in [6.07, 6.45) is -0.185. The van der Waals surface area contributed by atoms with E-state index in [-0.39, 0.29) is 17.7 Å². The van der Waals surface area contributed by atoms with Crippen LogP contribution >= 0.6 is 0 Å². The van der Waals surface area contributed by atoms with Crippen molar-refractivity contribution in [1.82, 2.24) is 9.88 Å². The maximum Gasteiger partial charge on any atom is 0.160 e. The van der Waals surface area contributed by atoms with Gasteiger partial charge < -0.3 is 9.88 Å². The minimum Gasteiger partial charge on any atom is -0.352 e. The van der Waals surface area contributed by atoms with Crippen molar-refractivity contribution in [3.05, 3.63) is 174 Å². The molecule has 0 fully saturated rings. The lowest BCUT2D eigenvalue weighted by Crippen LogP contribution is -2.40. The molecular weight excluding hydrogens is 583 g/mol. The molecule has 2 atom stereocenters. The second-order valence-corrected chi connectivity index (χ2v) is 13.9. The van der Waals surface area contributed by atoms with Crippen LogP contribution in [0, 0.1) is 0 Å². The third-order valence-electron chi connectivity index (χ3n) is 10.9. The normalized spacial score (nSPS) is 17.6. The zero-order chi connectivity index (χ0) is 32.0. The summed E-state index contributed by atoms with van der Waals surface area (Å²) in [5, 5.41) is 13.1. The fraction of sp³-hybridized carbons (Fsp3) is 0.111. The topological polar surface area (TPSA) is 29.0 Å². The van der Waals surface area contributed by atoms with E-state index in [4.69, 9.17) is 0 Å². The summed E-state index contributed by atoms with van der Waals surface area (Å²) in [7, 11) is 0. The Balaban J connectivity index is 1.18. The van der Waals surface area contributed by atoms with Gasteiger partial charge in [0, 0.05) is 21.9 Å². The number of hydrogen-bond acceptors (Lipinski definition) is 2. The van der Waals surface area contributed by atoms with Crippen molar-refractivity contribution in [2.24, 2.45) is 0 Å². The third-order valence-corrected chi connectivity index (χ3v) is 10.9. The molecule has 2 aliphatic rings. The molecule has 3 heteroatoms. The molecule has 1 aliphatic carbocycles. The lowest BCUT2D eigenvalue weighted by Gasteiger charge is -2.37. The largest absolute Gasteiger partial charge is 0.352 e. The van der Waals surface area contributed by atoms with Gasteiger partial charge in [-0.25, -0.2) is 0 Å². The minimum atomic E-state index is -0.185. The van der Waals surface area contributed by atoms with Gasteiger partial charge in [-0.2, -0.15) is 0 Å². The minimum absolute atomic E-state index is 0.00234. The lowest BCUT2D eigenvalue weighted by atomic mass is 9.81. The molecule has 48 heavy (non-hydrogen) atoms. The highest BCUT2D eigenvalue weighted by Crippen LogP contribution is 2.50. The van der Waals surface area contributed by atoms with Crippen molar-refractivity contribution < 1.29 is 0 Å². The van der Waals surface area contributed by atoms with Gasteiger partial charge in [0.05, 0.1) is 17.1 Å². The first-order chi connectivity index (χ1) is 23.6. The van der Waals surface area contributed by atoms with Crippen molar-refractivity contribution in [3.63, 3.8) is 0 Å². The fourth-order valence-electron chi connectivity index (χ4n) is 8.54. The maximum atomic E-state index is 4.11. The number of nitrogens with zero attached hydrogens (tertiary/aromatic N) is 1. The molecule has 1 aliphatic heterocycles. The van der Waals surface area contributed by atoms with E-state index in [1.165, 1.54) is 77.1 Å². The highest BCUT2D eigenvalue weighted by molar-refractivity contribution is 6.21. The van der Waals surface area contributed by atoms with Crippen LogP contribution in [0.1, 0.15) is 48.4 Å². The van der Waals surface area contributed by atoms with Crippen LogP contribution in [0.2, 0.25) is 0 Å². The maximum absolute atomic E-state index is 4.11. The van der Waals surface area contributed by atoms with E-state index in [9.17, 15) is 0 Å². The summed E-state index contributed by atoms with van der Waals surface area (Å²) < 4.78 is 2.49. The van der Waals surface area contributed by atoms with Gasteiger partial charge in [-0.1, -0.05) is 147 Å². The molecule has 10 rings (SSSR count). The number of para-hydroxylation sites is 1. The molecule has 3 nitrogen and oxygen atoms in total. The predicted molar refractivity (Wildman–Crippen MR) is 200 cm³/mol. The monoisotopic (exact) mass is 617 g/mol. The number of nitrogens with one attached hydrogen (secondary N) is 2. The van der Waals surface area contributed by atoms with Crippen LogP contribution < -0.4 is 10.6 Å². The zero-order valence-electron chi connectivity index (χ0n) is 27.0. The summed E-state index contributed by atoms with van der Waals surface area (Å²) in [6.45, 7) is 4.72. The molecule has 2 unspecified atom stereocenters. The van der Waals surface area contributed by atoms with Crippen LogP contribution in [0.15, 0.2) is 152 Å². The number of fused-ring (bicyclic) bond motifs is 9. The summed E-state index contributed by atoms with van der Waals surface area (Å²) >= 11 is 0. The van der Waals surface area contributed by atoms with E-state index in [0.29, 0.717) is 0 Å². The highest BCUT2D eigenvalue weighted by atomic mass is 15.3. The Hall–Kier alpha value is -5.64. The molecule has 0 amide bonds. The van der Waals surface area contributed by atoms with Gasteiger partial charge in [-0.15, -0.1) is 0 Å². The van der Waals surface area contributed by atoms with Gasteiger partial charge in [0.25, 0.3) is 0 Å².